The van der Waals surface area contributed by atoms with Gasteiger partial charge in [0.25, 0.3) is 0 Å². The van der Waals surface area contributed by atoms with E-state index in [2.05, 4.69) is 12.2 Å². The minimum atomic E-state index is 0.173. The van der Waals surface area contributed by atoms with Crippen molar-refractivity contribution in [3.63, 3.8) is 0 Å². The summed E-state index contributed by atoms with van der Waals surface area (Å²) < 4.78 is 0. The monoisotopic (exact) mass is 173 g/mol. The van der Waals surface area contributed by atoms with E-state index >= 15 is 0 Å². The second-order valence-electron chi connectivity index (χ2n) is 2.60. The molecule has 0 saturated heterocycles. The number of carbonyl (C=O) groups is 1. The van der Waals surface area contributed by atoms with Crippen molar-refractivity contribution in [2.45, 2.75) is 47.5 Å². The van der Waals surface area contributed by atoms with E-state index in [1.54, 1.807) is 0 Å². The number of nitrogens with one attached hydrogen (secondary N) is 1. The van der Waals surface area contributed by atoms with Gasteiger partial charge in [-0.05, 0) is 12.8 Å². The van der Waals surface area contributed by atoms with Crippen molar-refractivity contribution in [2.75, 3.05) is 6.54 Å². The second kappa shape index (κ2) is 10.5. The van der Waals surface area contributed by atoms with E-state index in [4.69, 9.17) is 0 Å². The minimum absolute atomic E-state index is 0.173. The van der Waals surface area contributed by atoms with Crippen molar-refractivity contribution in [3.8, 4) is 0 Å². The van der Waals surface area contributed by atoms with E-state index in [9.17, 15) is 4.79 Å². The van der Waals surface area contributed by atoms with Crippen LogP contribution in [0.1, 0.15) is 47.5 Å². The molecule has 1 N–H and O–H groups in total. The quantitative estimate of drug-likeness (QED) is 0.695. The van der Waals surface area contributed by atoms with Crippen molar-refractivity contribution >= 4 is 5.91 Å². The SMILES string of the molecule is CC.CCCNC(=O)C(C)CC. The number of amides is 1. The average Bonchev–Trinajstić information content (AvgIpc) is 2.16. The van der Waals surface area contributed by atoms with Crippen LogP contribution in [0.2, 0.25) is 0 Å². The summed E-state index contributed by atoms with van der Waals surface area (Å²) in [5.41, 5.74) is 0. The van der Waals surface area contributed by atoms with Crippen LogP contribution in [0.25, 0.3) is 0 Å². The van der Waals surface area contributed by atoms with Crippen LogP contribution in [-0.2, 0) is 4.79 Å². The zero-order valence-electron chi connectivity index (χ0n) is 9.11. The molecule has 0 aromatic carbocycles. The summed E-state index contributed by atoms with van der Waals surface area (Å²) in [6.07, 6.45) is 1.94. The first-order valence-electron chi connectivity index (χ1n) is 5.00. The first-order chi connectivity index (χ1) is 5.72. The van der Waals surface area contributed by atoms with Gasteiger partial charge in [-0.1, -0.05) is 34.6 Å². The van der Waals surface area contributed by atoms with Crippen molar-refractivity contribution in [2.24, 2.45) is 5.92 Å². The van der Waals surface area contributed by atoms with Crippen LogP contribution in [-0.4, -0.2) is 12.5 Å². The first kappa shape index (κ1) is 14.0. The van der Waals surface area contributed by atoms with E-state index in [0.717, 1.165) is 19.4 Å². The molecular weight excluding hydrogens is 150 g/mol. The third kappa shape index (κ3) is 7.58. The van der Waals surface area contributed by atoms with Gasteiger partial charge in [-0.25, -0.2) is 0 Å². The highest BCUT2D eigenvalue weighted by molar-refractivity contribution is 5.78. The van der Waals surface area contributed by atoms with Gasteiger partial charge in [0.2, 0.25) is 5.91 Å². The number of hydrogen-bond donors (Lipinski definition) is 1. The Morgan fingerprint density at radius 3 is 2.17 bits per heavy atom. The Bertz CT molecular complexity index is 102. The lowest BCUT2D eigenvalue weighted by molar-refractivity contribution is -0.124. The molecule has 1 unspecified atom stereocenters. The zero-order chi connectivity index (χ0) is 9.98. The molecular formula is C10H23NO. The molecule has 0 aliphatic heterocycles. The Kier molecular flexibility index (Phi) is 12.2. The van der Waals surface area contributed by atoms with E-state index in [1.807, 2.05) is 27.7 Å². The number of hydrogen-bond acceptors (Lipinski definition) is 1. The Morgan fingerprint density at radius 2 is 1.83 bits per heavy atom. The Hall–Kier alpha value is -0.530. The maximum Gasteiger partial charge on any atom is 0.222 e. The predicted molar refractivity (Wildman–Crippen MR) is 54.1 cm³/mol. The third-order valence-corrected chi connectivity index (χ3v) is 1.61. The lowest BCUT2D eigenvalue weighted by Crippen LogP contribution is -2.29. The number of rotatable bonds is 4. The maximum absolute atomic E-state index is 11.0. The van der Waals surface area contributed by atoms with Crippen LogP contribution in [0.15, 0.2) is 0 Å². The first-order valence-corrected chi connectivity index (χ1v) is 5.00. The summed E-state index contributed by atoms with van der Waals surface area (Å²) in [5, 5.41) is 2.84. The molecule has 1 atom stereocenters. The third-order valence-electron chi connectivity index (χ3n) is 1.61. The predicted octanol–water partition coefficient (Wildman–Crippen LogP) is 2.58. The van der Waals surface area contributed by atoms with Gasteiger partial charge in [0.15, 0.2) is 0 Å². The molecule has 0 radical (unpaired) electrons. The highest BCUT2D eigenvalue weighted by Gasteiger charge is 2.07. The summed E-state index contributed by atoms with van der Waals surface area (Å²) >= 11 is 0. The normalized spacial score (nSPS) is 11.1. The topological polar surface area (TPSA) is 29.1 Å². The molecule has 12 heavy (non-hydrogen) atoms. The molecule has 0 spiro atoms. The summed E-state index contributed by atoms with van der Waals surface area (Å²) in [6.45, 7) is 10.8. The van der Waals surface area contributed by atoms with Gasteiger partial charge < -0.3 is 5.32 Å². The van der Waals surface area contributed by atoms with Gasteiger partial charge in [-0.3, -0.25) is 4.79 Å². The van der Waals surface area contributed by atoms with Crippen LogP contribution in [0, 0.1) is 5.92 Å². The maximum atomic E-state index is 11.0. The molecule has 0 heterocycles. The van der Waals surface area contributed by atoms with Gasteiger partial charge in [-0.2, -0.15) is 0 Å². The van der Waals surface area contributed by atoms with Gasteiger partial charge in [0, 0.05) is 12.5 Å². The molecule has 74 valence electrons. The lowest BCUT2D eigenvalue weighted by Gasteiger charge is -2.07. The van der Waals surface area contributed by atoms with Crippen molar-refractivity contribution in [1.29, 1.82) is 0 Å². The van der Waals surface area contributed by atoms with E-state index in [0.29, 0.717) is 0 Å². The Balaban J connectivity index is 0. The van der Waals surface area contributed by atoms with Gasteiger partial charge in [0.05, 0.1) is 0 Å². The summed E-state index contributed by atoms with van der Waals surface area (Å²) in [4.78, 5) is 11.0. The van der Waals surface area contributed by atoms with Crippen LogP contribution in [0.4, 0.5) is 0 Å². The van der Waals surface area contributed by atoms with Crippen LogP contribution < -0.4 is 5.32 Å². The molecule has 0 aromatic heterocycles. The highest BCUT2D eigenvalue weighted by atomic mass is 16.1. The lowest BCUT2D eigenvalue weighted by atomic mass is 10.1. The van der Waals surface area contributed by atoms with Crippen molar-refractivity contribution in [3.05, 3.63) is 0 Å². The standard InChI is InChI=1S/C8H17NO.C2H6/c1-4-6-9-8(10)7(3)5-2;1-2/h7H,4-6H2,1-3H3,(H,9,10);1-2H3. The van der Waals surface area contributed by atoms with E-state index in [-0.39, 0.29) is 11.8 Å². The fourth-order valence-corrected chi connectivity index (χ4v) is 0.608. The second-order valence-corrected chi connectivity index (χ2v) is 2.60. The Labute approximate surface area is 76.7 Å². The number of carbonyl (C=O) groups excluding carboxylic acids is 1. The van der Waals surface area contributed by atoms with E-state index < -0.39 is 0 Å². The van der Waals surface area contributed by atoms with Gasteiger partial charge in [0.1, 0.15) is 0 Å². The highest BCUT2D eigenvalue weighted by Crippen LogP contribution is 1.98. The van der Waals surface area contributed by atoms with Gasteiger partial charge in [-0.15, -0.1) is 0 Å². The molecule has 2 nitrogen and oxygen atoms in total. The molecule has 0 saturated carbocycles. The summed E-state index contributed by atoms with van der Waals surface area (Å²) in [6, 6.07) is 0. The largest absolute Gasteiger partial charge is 0.356 e. The van der Waals surface area contributed by atoms with E-state index in [1.165, 1.54) is 0 Å². The molecule has 2 heteroatoms. The Morgan fingerprint density at radius 1 is 1.33 bits per heavy atom. The smallest absolute Gasteiger partial charge is 0.222 e. The minimum Gasteiger partial charge on any atom is -0.356 e. The fourth-order valence-electron chi connectivity index (χ4n) is 0.608. The molecule has 1 amide bonds. The molecule has 0 bridgehead atoms. The van der Waals surface area contributed by atoms with Crippen molar-refractivity contribution in [1.82, 2.24) is 5.32 Å². The van der Waals surface area contributed by atoms with Crippen molar-refractivity contribution < 1.29 is 4.79 Å². The average molecular weight is 173 g/mol. The zero-order valence-corrected chi connectivity index (χ0v) is 9.11. The summed E-state index contributed by atoms with van der Waals surface area (Å²) in [7, 11) is 0. The molecule has 0 aliphatic rings. The van der Waals surface area contributed by atoms with Crippen LogP contribution >= 0.6 is 0 Å². The molecule has 0 aliphatic carbocycles. The molecule has 0 fully saturated rings. The van der Waals surface area contributed by atoms with Crippen LogP contribution in [0.5, 0.6) is 0 Å². The van der Waals surface area contributed by atoms with Crippen LogP contribution in [0.3, 0.4) is 0 Å². The summed E-state index contributed by atoms with van der Waals surface area (Å²) in [5.74, 6) is 0.357. The molecule has 0 rings (SSSR count). The molecule has 0 aromatic rings. The fraction of sp³-hybridized carbons (Fsp3) is 0.900. The van der Waals surface area contributed by atoms with Gasteiger partial charge >= 0.3 is 0 Å².